The maximum absolute atomic E-state index is 12.5. The van der Waals surface area contributed by atoms with Gasteiger partial charge in [0, 0.05) is 36.7 Å². The normalized spacial score (nSPS) is 23.8. The molecule has 2 aliphatic rings. The number of morpholine rings is 1. The molecule has 6 heteroatoms. The van der Waals surface area contributed by atoms with E-state index in [0.717, 1.165) is 37.1 Å². The topological polar surface area (TPSA) is 67.9 Å². The lowest BCUT2D eigenvalue weighted by atomic mass is 9.81. The Morgan fingerprint density at radius 3 is 2.48 bits per heavy atom. The zero-order valence-electron chi connectivity index (χ0n) is 14.7. The number of nitrogens with one attached hydrogen (secondary N) is 1. The Hall–Kier alpha value is -2.08. The summed E-state index contributed by atoms with van der Waals surface area (Å²) in [5.74, 6) is 1.01. The molecule has 6 nitrogen and oxygen atoms in total. The van der Waals surface area contributed by atoms with Gasteiger partial charge in [0.05, 0.1) is 20.3 Å². The average Bonchev–Trinajstić information content (AvgIpc) is 2.68. The highest BCUT2D eigenvalue weighted by Crippen LogP contribution is 2.31. The predicted octanol–water partition coefficient (Wildman–Crippen LogP) is 2.30. The first-order chi connectivity index (χ1) is 12.2. The molecule has 2 fully saturated rings. The maximum atomic E-state index is 12.5. The molecule has 0 atom stereocenters. The van der Waals surface area contributed by atoms with Gasteiger partial charge in [-0.2, -0.15) is 0 Å². The molecule has 3 rings (SSSR count). The van der Waals surface area contributed by atoms with Gasteiger partial charge in [-0.05, 0) is 37.8 Å². The number of nitrogens with zero attached hydrogens (tertiary/aromatic N) is 1. The van der Waals surface area contributed by atoms with Crippen LogP contribution in [0.2, 0.25) is 0 Å². The molecule has 0 bridgehead atoms. The Labute approximate surface area is 148 Å². The van der Waals surface area contributed by atoms with Crippen molar-refractivity contribution in [2.24, 2.45) is 11.8 Å². The second-order valence-electron chi connectivity index (χ2n) is 6.71. The molecular weight excluding hydrogens is 320 g/mol. The highest BCUT2D eigenvalue weighted by Gasteiger charge is 2.32. The van der Waals surface area contributed by atoms with Crippen LogP contribution in [0.5, 0.6) is 5.75 Å². The van der Waals surface area contributed by atoms with Crippen molar-refractivity contribution in [3.8, 4) is 5.75 Å². The van der Waals surface area contributed by atoms with Gasteiger partial charge in [0.25, 0.3) is 0 Å². The number of hydrogen-bond donors (Lipinski definition) is 1. The number of ether oxygens (including phenoxy) is 2. The van der Waals surface area contributed by atoms with Gasteiger partial charge in [-0.3, -0.25) is 9.59 Å². The fourth-order valence-corrected chi connectivity index (χ4v) is 3.59. The van der Waals surface area contributed by atoms with Crippen LogP contribution in [0.25, 0.3) is 0 Å². The van der Waals surface area contributed by atoms with E-state index in [0.29, 0.717) is 26.3 Å². The lowest BCUT2D eigenvalue weighted by Gasteiger charge is -2.33. The van der Waals surface area contributed by atoms with E-state index in [2.05, 4.69) is 5.32 Å². The van der Waals surface area contributed by atoms with Crippen LogP contribution in [0, 0.1) is 11.8 Å². The summed E-state index contributed by atoms with van der Waals surface area (Å²) >= 11 is 0. The van der Waals surface area contributed by atoms with Crippen LogP contribution in [0.1, 0.15) is 25.7 Å². The number of carbonyl (C=O) groups is 2. The molecule has 0 spiro atoms. The first-order valence-electron chi connectivity index (χ1n) is 8.99. The Balaban J connectivity index is 1.49. The van der Waals surface area contributed by atoms with Crippen LogP contribution in [0.15, 0.2) is 24.3 Å². The molecule has 1 heterocycles. The largest absolute Gasteiger partial charge is 0.497 e. The molecule has 25 heavy (non-hydrogen) atoms. The van der Waals surface area contributed by atoms with Crippen LogP contribution in [0.3, 0.4) is 0 Å². The summed E-state index contributed by atoms with van der Waals surface area (Å²) < 4.78 is 10.5. The molecular formula is C19H26N2O4. The predicted molar refractivity (Wildman–Crippen MR) is 94.5 cm³/mol. The first kappa shape index (κ1) is 17.7. The van der Waals surface area contributed by atoms with Crippen molar-refractivity contribution < 1.29 is 19.1 Å². The van der Waals surface area contributed by atoms with E-state index in [1.54, 1.807) is 7.11 Å². The molecule has 2 amide bonds. The third-order valence-corrected chi connectivity index (χ3v) is 5.11. The van der Waals surface area contributed by atoms with E-state index in [9.17, 15) is 9.59 Å². The Morgan fingerprint density at radius 1 is 1.12 bits per heavy atom. The van der Waals surface area contributed by atoms with E-state index < -0.39 is 0 Å². The van der Waals surface area contributed by atoms with E-state index in [4.69, 9.17) is 9.47 Å². The van der Waals surface area contributed by atoms with Gasteiger partial charge in [0.1, 0.15) is 5.75 Å². The van der Waals surface area contributed by atoms with Gasteiger partial charge in [-0.25, -0.2) is 0 Å². The third-order valence-electron chi connectivity index (χ3n) is 5.11. The summed E-state index contributed by atoms with van der Waals surface area (Å²) in [5, 5.41) is 2.96. The van der Waals surface area contributed by atoms with Gasteiger partial charge in [-0.15, -0.1) is 0 Å². The van der Waals surface area contributed by atoms with Crippen molar-refractivity contribution >= 4 is 17.5 Å². The first-order valence-corrected chi connectivity index (χ1v) is 8.99. The molecule has 0 radical (unpaired) electrons. The summed E-state index contributed by atoms with van der Waals surface area (Å²) in [6.45, 7) is 2.64. The minimum atomic E-state index is -0.0278. The summed E-state index contributed by atoms with van der Waals surface area (Å²) in [5.41, 5.74) is 0.746. The average molecular weight is 346 g/mol. The number of carbonyl (C=O) groups excluding carboxylic acids is 2. The van der Waals surface area contributed by atoms with Crippen molar-refractivity contribution in [2.45, 2.75) is 25.7 Å². The van der Waals surface area contributed by atoms with Crippen LogP contribution >= 0.6 is 0 Å². The minimum absolute atomic E-state index is 0.0278. The second kappa shape index (κ2) is 8.34. The highest BCUT2D eigenvalue weighted by atomic mass is 16.5. The smallest absolute Gasteiger partial charge is 0.227 e. The van der Waals surface area contributed by atoms with Crippen LogP contribution in [0.4, 0.5) is 5.69 Å². The SMILES string of the molecule is COc1cccc(NC(=O)C2CCC(C(=O)N3CCOCC3)CC2)c1. The zero-order chi connectivity index (χ0) is 17.6. The molecule has 1 aromatic carbocycles. The number of benzene rings is 1. The number of anilines is 1. The number of rotatable bonds is 4. The molecule has 136 valence electrons. The zero-order valence-corrected chi connectivity index (χ0v) is 14.7. The van der Waals surface area contributed by atoms with Gasteiger partial charge in [0.15, 0.2) is 0 Å². The number of methoxy groups -OCH3 is 1. The van der Waals surface area contributed by atoms with Gasteiger partial charge in [-0.1, -0.05) is 6.07 Å². The Kier molecular flexibility index (Phi) is 5.91. The van der Waals surface area contributed by atoms with Gasteiger partial charge in [0.2, 0.25) is 11.8 Å². The summed E-state index contributed by atoms with van der Waals surface area (Å²) in [4.78, 5) is 26.9. The molecule has 0 aromatic heterocycles. The standard InChI is InChI=1S/C19H26N2O4/c1-24-17-4-2-3-16(13-17)20-18(22)14-5-7-15(8-6-14)19(23)21-9-11-25-12-10-21/h2-4,13-15H,5-12H2,1H3,(H,20,22). The molecule has 1 saturated carbocycles. The quantitative estimate of drug-likeness (QED) is 0.908. The molecule has 1 aromatic rings. The highest BCUT2D eigenvalue weighted by molar-refractivity contribution is 5.93. The molecule has 0 unspecified atom stereocenters. The fraction of sp³-hybridized carbons (Fsp3) is 0.579. The molecule has 1 aliphatic heterocycles. The van der Waals surface area contributed by atoms with E-state index in [-0.39, 0.29) is 23.7 Å². The van der Waals surface area contributed by atoms with Crippen molar-refractivity contribution in [1.82, 2.24) is 4.90 Å². The fourth-order valence-electron chi connectivity index (χ4n) is 3.59. The monoisotopic (exact) mass is 346 g/mol. The van der Waals surface area contributed by atoms with Crippen molar-refractivity contribution in [1.29, 1.82) is 0 Å². The van der Waals surface area contributed by atoms with Crippen LogP contribution in [-0.4, -0.2) is 50.1 Å². The van der Waals surface area contributed by atoms with E-state index in [1.807, 2.05) is 29.2 Å². The van der Waals surface area contributed by atoms with Crippen molar-refractivity contribution in [3.63, 3.8) is 0 Å². The minimum Gasteiger partial charge on any atom is -0.497 e. The summed E-state index contributed by atoms with van der Waals surface area (Å²) in [6, 6.07) is 7.37. The van der Waals surface area contributed by atoms with Crippen molar-refractivity contribution in [3.05, 3.63) is 24.3 Å². The van der Waals surface area contributed by atoms with E-state index >= 15 is 0 Å². The van der Waals surface area contributed by atoms with Gasteiger partial charge >= 0.3 is 0 Å². The second-order valence-corrected chi connectivity index (χ2v) is 6.71. The van der Waals surface area contributed by atoms with Gasteiger partial charge < -0.3 is 19.7 Å². The molecule has 1 saturated heterocycles. The number of amides is 2. The number of hydrogen-bond acceptors (Lipinski definition) is 4. The van der Waals surface area contributed by atoms with Crippen LogP contribution < -0.4 is 10.1 Å². The van der Waals surface area contributed by atoms with Crippen molar-refractivity contribution in [2.75, 3.05) is 38.7 Å². The van der Waals surface area contributed by atoms with Crippen LogP contribution in [-0.2, 0) is 14.3 Å². The summed E-state index contributed by atoms with van der Waals surface area (Å²) in [7, 11) is 1.60. The van der Waals surface area contributed by atoms with E-state index in [1.165, 1.54) is 0 Å². The molecule has 1 aliphatic carbocycles. The molecule has 1 N–H and O–H groups in total. The third kappa shape index (κ3) is 4.51. The maximum Gasteiger partial charge on any atom is 0.227 e. The lowest BCUT2D eigenvalue weighted by molar-refractivity contribution is -0.141. The lowest BCUT2D eigenvalue weighted by Crippen LogP contribution is -2.44. The Morgan fingerprint density at radius 2 is 1.80 bits per heavy atom. The summed E-state index contributed by atoms with van der Waals surface area (Å²) in [6.07, 6.45) is 3.09. The Bertz CT molecular complexity index is 605.